The lowest BCUT2D eigenvalue weighted by Gasteiger charge is -2.35. The summed E-state index contributed by atoms with van der Waals surface area (Å²) in [5, 5.41) is 11.5. The van der Waals surface area contributed by atoms with Crippen LogP contribution in [-0.4, -0.2) is 53.7 Å². The Kier molecular flexibility index (Phi) is 8.57. The van der Waals surface area contributed by atoms with Crippen LogP contribution in [0.3, 0.4) is 0 Å². The third kappa shape index (κ3) is 6.01. The number of nitrogens with one attached hydrogen (secondary N) is 1. The van der Waals surface area contributed by atoms with Crippen LogP contribution in [0.25, 0.3) is 11.0 Å². The molecule has 4 rings (SSSR count). The van der Waals surface area contributed by atoms with E-state index in [1.54, 1.807) is 49.6 Å². The van der Waals surface area contributed by atoms with Crippen LogP contribution in [0.15, 0.2) is 66.7 Å². The van der Waals surface area contributed by atoms with Gasteiger partial charge in [-0.1, -0.05) is 36.4 Å². The Morgan fingerprint density at radius 1 is 0.950 bits per heavy atom. The summed E-state index contributed by atoms with van der Waals surface area (Å²) in [7, 11) is 4.63. The topological polar surface area (TPSA) is 108 Å². The number of aromatic nitrogens is 3. The standard InChI is InChI=1S/C30H35N5O5/c1-7-30(2,3)31-29(37)28(20-12-15-22(38-4)16-13-20)35(21-14-17-25(39-5)26(18-21)40-6)27(36)19-34-24-11-9-8-10-23(24)32-33-34/h8-18,28H,7,19H2,1-6H3,(H,31,37)/t28-/m0/s1. The lowest BCUT2D eigenvalue weighted by molar-refractivity contribution is -0.128. The summed E-state index contributed by atoms with van der Waals surface area (Å²) >= 11 is 0. The van der Waals surface area contributed by atoms with Gasteiger partial charge in [-0.25, -0.2) is 4.68 Å². The molecule has 0 bridgehead atoms. The number of methoxy groups -OCH3 is 3. The van der Waals surface area contributed by atoms with E-state index in [2.05, 4.69) is 15.6 Å². The van der Waals surface area contributed by atoms with E-state index in [1.807, 2.05) is 45.0 Å². The van der Waals surface area contributed by atoms with Gasteiger partial charge in [-0.2, -0.15) is 0 Å². The molecule has 1 atom stereocenters. The van der Waals surface area contributed by atoms with Gasteiger partial charge in [0.1, 0.15) is 23.9 Å². The molecule has 2 amide bonds. The minimum atomic E-state index is -1.02. The number of carbonyl (C=O) groups is 2. The Morgan fingerprint density at radius 2 is 1.65 bits per heavy atom. The number of amides is 2. The van der Waals surface area contributed by atoms with E-state index in [0.29, 0.717) is 46.0 Å². The van der Waals surface area contributed by atoms with E-state index < -0.39 is 11.6 Å². The van der Waals surface area contributed by atoms with Gasteiger partial charge in [0.05, 0.1) is 26.8 Å². The summed E-state index contributed by atoms with van der Waals surface area (Å²) in [6, 6.07) is 18.6. The molecule has 10 heteroatoms. The molecule has 0 aliphatic heterocycles. The highest BCUT2D eigenvalue weighted by atomic mass is 16.5. The summed E-state index contributed by atoms with van der Waals surface area (Å²) in [4.78, 5) is 29.8. The second-order valence-electron chi connectivity index (χ2n) is 9.94. The van der Waals surface area contributed by atoms with Crippen molar-refractivity contribution >= 4 is 28.5 Å². The molecule has 0 radical (unpaired) electrons. The van der Waals surface area contributed by atoms with Crippen LogP contribution in [0, 0.1) is 0 Å². The van der Waals surface area contributed by atoms with E-state index in [4.69, 9.17) is 14.2 Å². The second kappa shape index (κ2) is 12.1. The minimum Gasteiger partial charge on any atom is -0.497 e. The zero-order valence-electron chi connectivity index (χ0n) is 23.7. The fourth-order valence-corrected chi connectivity index (χ4v) is 4.34. The molecule has 0 spiro atoms. The predicted octanol–water partition coefficient (Wildman–Crippen LogP) is 4.54. The van der Waals surface area contributed by atoms with Crippen molar-refractivity contribution in [3.05, 3.63) is 72.3 Å². The van der Waals surface area contributed by atoms with E-state index in [9.17, 15) is 9.59 Å². The smallest absolute Gasteiger partial charge is 0.249 e. The normalized spacial score (nSPS) is 12.1. The molecule has 0 aliphatic rings. The molecule has 0 unspecified atom stereocenters. The zero-order chi connectivity index (χ0) is 28.9. The molecule has 210 valence electrons. The van der Waals surface area contributed by atoms with Gasteiger partial charge in [0.2, 0.25) is 11.8 Å². The molecule has 0 saturated heterocycles. The number of hydrogen-bond acceptors (Lipinski definition) is 7. The number of hydrogen-bond donors (Lipinski definition) is 1. The van der Waals surface area contributed by atoms with Gasteiger partial charge in [-0.3, -0.25) is 14.5 Å². The number of ether oxygens (including phenoxy) is 3. The Morgan fingerprint density at radius 3 is 2.30 bits per heavy atom. The Hall–Kier alpha value is -4.60. The van der Waals surface area contributed by atoms with Crippen molar-refractivity contribution < 1.29 is 23.8 Å². The Bertz CT molecular complexity index is 1480. The summed E-state index contributed by atoms with van der Waals surface area (Å²) in [5.74, 6) is 0.858. The number of carbonyl (C=O) groups excluding carboxylic acids is 2. The van der Waals surface area contributed by atoms with Crippen LogP contribution in [0.5, 0.6) is 17.2 Å². The zero-order valence-corrected chi connectivity index (χ0v) is 23.7. The van der Waals surface area contributed by atoms with Crippen molar-refractivity contribution in [3.63, 3.8) is 0 Å². The molecule has 10 nitrogen and oxygen atoms in total. The summed E-state index contributed by atoms with van der Waals surface area (Å²) in [6.07, 6.45) is 0.698. The molecular formula is C30H35N5O5. The number of fused-ring (bicyclic) bond motifs is 1. The van der Waals surface area contributed by atoms with Crippen LogP contribution in [0.4, 0.5) is 5.69 Å². The van der Waals surface area contributed by atoms with E-state index in [1.165, 1.54) is 23.8 Å². The largest absolute Gasteiger partial charge is 0.497 e. The van der Waals surface area contributed by atoms with Crippen molar-refractivity contribution in [2.75, 3.05) is 26.2 Å². The van der Waals surface area contributed by atoms with E-state index in [-0.39, 0.29) is 18.4 Å². The molecule has 1 aromatic heterocycles. The second-order valence-corrected chi connectivity index (χ2v) is 9.94. The average Bonchev–Trinajstić information content (AvgIpc) is 3.37. The van der Waals surface area contributed by atoms with Gasteiger partial charge in [-0.05, 0) is 62.2 Å². The van der Waals surface area contributed by atoms with Gasteiger partial charge >= 0.3 is 0 Å². The highest BCUT2D eigenvalue weighted by Gasteiger charge is 2.36. The number of nitrogens with zero attached hydrogens (tertiary/aromatic N) is 4. The van der Waals surface area contributed by atoms with Gasteiger partial charge in [0.15, 0.2) is 11.5 Å². The van der Waals surface area contributed by atoms with Gasteiger partial charge in [0.25, 0.3) is 0 Å². The van der Waals surface area contributed by atoms with E-state index in [0.717, 1.165) is 0 Å². The molecule has 3 aromatic carbocycles. The molecule has 40 heavy (non-hydrogen) atoms. The monoisotopic (exact) mass is 545 g/mol. The number of anilines is 1. The van der Waals surface area contributed by atoms with Crippen molar-refractivity contribution in [2.45, 2.75) is 45.3 Å². The van der Waals surface area contributed by atoms with E-state index >= 15 is 0 Å². The summed E-state index contributed by atoms with van der Waals surface area (Å²) in [6.45, 7) is 5.74. The first-order valence-corrected chi connectivity index (χ1v) is 13.0. The highest BCUT2D eigenvalue weighted by molar-refractivity contribution is 6.02. The van der Waals surface area contributed by atoms with Crippen molar-refractivity contribution in [2.24, 2.45) is 0 Å². The minimum absolute atomic E-state index is 0.147. The fraction of sp³-hybridized carbons (Fsp3) is 0.333. The van der Waals surface area contributed by atoms with Crippen LogP contribution >= 0.6 is 0 Å². The van der Waals surface area contributed by atoms with Gasteiger partial charge in [0, 0.05) is 17.3 Å². The Labute approximate surface area is 233 Å². The van der Waals surface area contributed by atoms with Crippen LogP contribution in [0.1, 0.15) is 38.8 Å². The first-order chi connectivity index (χ1) is 19.2. The number of rotatable bonds is 11. The van der Waals surface area contributed by atoms with Crippen molar-refractivity contribution in [1.29, 1.82) is 0 Å². The van der Waals surface area contributed by atoms with Crippen LogP contribution in [-0.2, 0) is 16.1 Å². The highest BCUT2D eigenvalue weighted by Crippen LogP contribution is 2.36. The molecule has 4 aromatic rings. The van der Waals surface area contributed by atoms with Crippen LogP contribution in [0.2, 0.25) is 0 Å². The van der Waals surface area contributed by atoms with Crippen molar-refractivity contribution in [3.8, 4) is 17.2 Å². The van der Waals surface area contributed by atoms with Crippen molar-refractivity contribution in [1.82, 2.24) is 20.3 Å². The molecule has 1 N–H and O–H groups in total. The maximum absolute atomic E-state index is 14.2. The molecular weight excluding hydrogens is 510 g/mol. The summed E-state index contributed by atoms with van der Waals surface area (Å²) < 4.78 is 17.8. The SMILES string of the molecule is CCC(C)(C)NC(=O)[C@H](c1ccc(OC)cc1)N(C(=O)Cn1nnc2ccccc21)c1ccc(OC)c(OC)c1. The lowest BCUT2D eigenvalue weighted by atomic mass is 9.98. The third-order valence-corrected chi connectivity index (χ3v) is 6.90. The first kappa shape index (κ1) is 28.4. The first-order valence-electron chi connectivity index (χ1n) is 13.0. The Balaban J connectivity index is 1.87. The third-order valence-electron chi connectivity index (χ3n) is 6.90. The van der Waals surface area contributed by atoms with Gasteiger partial charge < -0.3 is 19.5 Å². The summed E-state index contributed by atoms with van der Waals surface area (Å²) in [5.41, 5.74) is 1.94. The maximum atomic E-state index is 14.2. The average molecular weight is 546 g/mol. The van der Waals surface area contributed by atoms with Crippen LogP contribution < -0.4 is 24.4 Å². The molecule has 0 fully saturated rings. The predicted molar refractivity (Wildman–Crippen MR) is 153 cm³/mol. The number of para-hydroxylation sites is 1. The molecule has 1 heterocycles. The molecule has 0 aliphatic carbocycles. The molecule has 0 saturated carbocycles. The fourth-order valence-electron chi connectivity index (χ4n) is 4.34. The van der Waals surface area contributed by atoms with Gasteiger partial charge in [-0.15, -0.1) is 5.10 Å². The lowest BCUT2D eigenvalue weighted by Crippen LogP contribution is -2.51. The number of benzene rings is 3. The maximum Gasteiger partial charge on any atom is 0.249 e. The quantitative estimate of drug-likeness (QED) is 0.295.